The van der Waals surface area contributed by atoms with Crippen LogP contribution in [-0.4, -0.2) is 4.98 Å². The third-order valence-electron chi connectivity index (χ3n) is 3.05. The van der Waals surface area contributed by atoms with Crippen LogP contribution in [0.15, 0.2) is 18.3 Å². The van der Waals surface area contributed by atoms with Crippen molar-refractivity contribution in [1.29, 1.82) is 0 Å². The van der Waals surface area contributed by atoms with Crippen LogP contribution in [0.1, 0.15) is 56.9 Å². The molecule has 0 bridgehead atoms. The summed E-state index contributed by atoms with van der Waals surface area (Å²) in [5.41, 5.74) is 4.10. The molecular weight excluding hydrogens is 182 g/mol. The summed E-state index contributed by atoms with van der Waals surface area (Å²) in [7, 11) is 0. The molecule has 0 saturated carbocycles. The minimum absolute atomic E-state index is 0.149. The maximum Gasteiger partial charge on any atom is 0.0460 e. The predicted molar refractivity (Wildman–Crippen MR) is 65.0 cm³/mol. The summed E-state index contributed by atoms with van der Waals surface area (Å²) in [6, 6.07) is 2.28. The third-order valence-corrected chi connectivity index (χ3v) is 3.05. The number of allylic oxidation sites excluding steroid dienone is 1. The number of pyridine rings is 1. The van der Waals surface area contributed by atoms with Crippen molar-refractivity contribution in [2.45, 2.75) is 45.4 Å². The molecule has 0 saturated heterocycles. The number of hydrogen-bond acceptors (Lipinski definition) is 1. The van der Waals surface area contributed by atoms with Gasteiger partial charge in [-0.25, -0.2) is 0 Å². The lowest BCUT2D eigenvalue weighted by Gasteiger charge is -2.23. The molecule has 0 radical (unpaired) electrons. The largest absolute Gasteiger partial charge is 0.260 e. The second-order valence-electron chi connectivity index (χ2n) is 5.49. The van der Waals surface area contributed by atoms with E-state index in [1.807, 2.05) is 6.20 Å². The van der Waals surface area contributed by atoms with Crippen molar-refractivity contribution in [1.82, 2.24) is 4.98 Å². The maximum absolute atomic E-state index is 4.55. The summed E-state index contributed by atoms with van der Waals surface area (Å²) >= 11 is 0. The van der Waals surface area contributed by atoms with Gasteiger partial charge in [-0.3, -0.25) is 4.98 Å². The normalized spacial score (nSPS) is 20.1. The highest BCUT2D eigenvalue weighted by Gasteiger charge is 2.19. The van der Waals surface area contributed by atoms with Crippen molar-refractivity contribution >= 4 is 6.08 Å². The third kappa shape index (κ3) is 1.97. The second kappa shape index (κ2) is 3.48. The molecule has 1 aliphatic rings. The molecule has 15 heavy (non-hydrogen) atoms. The first kappa shape index (κ1) is 10.4. The minimum atomic E-state index is 0.149. The SMILES string of the molecule is CC1CC=Cc2cnc(C(C)(C)C)cc21. The van der Waals surface area contributed by atoms with Gasteiger partial charge in [-0.2, -0.15) is 0 Å². The van der Waals surface area contributed by atoms with Gasteiger partial charge in [0.15, 0.2) is 0 Å². The number of aromatic nitrogens is 1. The Hall–Kier alpha value is -1.11. The topological polar surface area (TPSA) is 12.9 Å². The van der Waals surface area contributed by atoms with Crippen LogP contribution in [0.3, 0.4) is 0 Å². The number of rotatable bonds is 0. The van der Waals surface area contributed by atoms with E-state index in [4.69, 9.17) is 0 Å². The lowest BCUT2D eigenvalue weighted by molar-refractivity contribution is 0.566. The van der Waals surface area contributed by atoms with Crippen molar-refractivity contribution in [2.24, 2.45) is 0 Å². The highest BCUT2D eigenvalue weighted by Crippen LogP contribution is 2.31. The molecule has 1 nitrogen and oxygen atoms in total. The first-order chi connectivity index (χ1) is 6.98. The van der Waals surface area contributed by atoms with Gasteiger partial charge in [-0.15, -0.1) is 0 Å². The molecule has 0 N–H and O–H groups in total. The first-order valence-corrected chi connectivity index (χ1v) is 5.65. The summed E-state index contributed by atoms with van der Waals surface area (Å²) in [6.45, 7) is 8.93. The molecule has 0 spiro atoms. The van der Waals surface area contributed by atoms with Gasteiger partial charge < -0.3 is 0 Å². The fourth-order valence-electron chi connectivity index (χ4n) is 1.98. The van der Waals surface area contributed by atoms with Crippen LogP contribution >= 0.6 is 0 Å². The fourth-order valence-corrected chi connectivity index (χ4v) is 1.98. The van der Waals surface area contributed by atoms with E-state index >= 15 is 0 Å². The fraction of sp³-hybridized carbons (Fsp3) is 0.500. The zero-order valence-corrected chi connectivity index (χ0v) is 10.0. The molecule has 0 fully saturated rings. The molecule has 1 unspecified atom stereocenters. The van der Waals surface area contributed by atoms with E-state index in [2.05, 4.69) is 50.9 Å². The van der Waals surface area contributed by atoms with Crippen molar-refractivity contribution in [2.75, 3.05) is 0 Å². The summed E-state index contributed by atoms with van der Waals surface area (Å²) in [6.07, 6.45) is 7.60. The van der Waals surface area contributed by atoms with Gasteiger partial charge in [-0.1, -0.05) is 39.8 Å². The number of nitrogens with zero attached hydrogens (tertiary/aromatic N) is 1. The zero-order valence-electron chi connectivity index (χ0n) is 10.0. The highest BCUT2D eigenvalue weighted by atomic mass is 14.7. The van der Waals surface area contributed by atoms with Gasteiger partial charge in [0.1, 0.15) is 0 Å². The zero-order chi connectivity index (χ0) is 11.1. The molecule has 1 aromatic heterocycles. The van der Waals surface area contributed by atoms with E-state index in [9.17, 15) is 0 Å². The lowest BCUT2D eigenvalue weighted by Crippen LogP contribution is -2.15. The molecule has 80 valence electrons. The Kier molecular flexibility index (Phi) is 2.41. The van der Waals surface area contributed by atoms with Crippen LogP contribution in [0, 0.1) is 0 Å². The van der Waals surface area contributed by atoms with E-state index in [0.29, 0.717) is 5.92 Å². The smallest absolute Gasteiger partial charge is 0.0460 e. The van der Waals surface area contributed by atoms with E-state index in [0.717, 1.165) is 6.42 Å². The number of fused-ring (bicyclic) bond motifs is 1. The Morgan fingerprint density at radius 1 is 1.33 bits per heavy atom. The second-order valence-corrected chi connectivity index (χ2v) is 5.49. The van der Waals surface area contributed by atoms with Crippen LogP contribution in [0.2, 0.25) is 0 Å². The van der Waals surface area contributed by atoms with E-state index in [1.54, 1.807) is 0 Å². The molecule has 1 aliphatic carbocycles. The van der Waals surface area contributed by atoms with Crippen LogP contribution in [0.5, 0.6) is 0 Å². The molecule has 0 aliphatic heterocycles. The molecule has 0 aromatic carbocycles. The Bertz CT molecular complexity index is 396. The molecule has 1 heteroatoms. The van der Waals surface area contributed by atoms with E-state index < -0.39 is 0 Å². The highest BCUT2D eigenvalue weighted by molar-refractivity contribution is 5.57. The maximum atomic E-state index is 4.55. The predicted octanol–water partition coefficient (Wildman–Crippen LogP) is 3.90. The van der Waals surface area contributed by atoms with Gasteiger partial charge in [-0.05, 0) is 29.5 Å². The quantitative estimate of drug-likeness (QED) is 0.620. The van der Waals surface area contributed by atoms with Gasteiger partial charge >= 0.3 is 0 Å². The Morgan fingerprint density at radius 3 is 2.73 bits per heavy atom. The monoisotopic (exact) mass is 201 g/mol. The van der Waals surface area contributed by atoms with Crippen LogP contribution < -0.4 is 0 Å². The van der Waals surface area contributed by atoms with Crippen molar-refractivity contribution in [3.63, 3.8) is 0 Å². The first-order valence-electron chi connectivity index (χ1n) is 5.65. The molecular formula is C14H19N. The van der Waals surface area contributed by atoms with Gasteiger partial charge in [0, 0.05) is 17.3 Å². The van der Waals surface area contributed by atoms with Gasteiger partial charge in [0.05, 0.1) is 0 Å². The minimum Gasteiger partial charge on any atom is -0.260 e. The molecule has 2 rings (SSSR count). The molecule has 1 atom stereocenters. The average Bonchev–Trinajstić information content (AvgIpc) is 2.16. The van der Waals surface area contributed by atoms with E-state index in [1.165, 1.54) is 16.8 Å². The van der Waals surface area contributed by atoms with Crippen molar-refractivity contribution in [3.8, 4) is 0 Å². The Labute approximate surface area is 92.2 Å². The van der Waals surface area contributed by atoms with Gasteiger partial charge in [0.2, 0.25) is 0 Å². The standard InChI is InChI=1S/C14H19N/c1-10-6-5-7-11-9-15-13(8-12(10)11)14(2,3)4/h5,7-10H,6H2,1-4H3. The Balaban J connectivity index is 2.50. The van der Waals surface area contributed by atoms with Crippen molar-refractivity contribution in [3.05, 3.63) is 35.2 Å². The van der Waals surface area contributed by atoms with Gasteiger partial charge in [0.25, 0.3) is 0 Å². The Morgan fingerprint density at radius 2 is 2.07 bits per heavy atom. The summed E-state index contributed by atoms with van der Waals surface area (Å²) in [4.78, 5) is 4.55. The molecule has 1 aromatic rings. The van der Waals surface area contributed by atoms with Crippen LogP contribution in [0.25, 0.3) is 6.08 Å². The summed E-state index contributed by atoms with van der Waals surface area (Å²) < 4.78 is 0. The van der Waals surface area contributed by atoms with Crippen LogP contribution in [0.4, 0.5) is 0 Å². The molecule has 1 heterocycles. The molecule has 0 amide bonds. The number of hydrogen-bond donors (Lipinski definition) is 0. The summed E-state index contributed by atoms with van der Waals surface area (Å²) in [5, 5.41) is 0. The lowest BCUT2D eigenvalue weighted by atomic mass is 9.85. The van der Waals surface area contributed by atoms with Crippen LogP contribution in [-0.2, 0) is 5.41 Å². The van der Waals surface area contributed by atoms with E-state index in [-0.39, 0.29) is 5.41 Å². The van der Waals surface area contributed by atoms with Crippen molar-refractivity contribution < 1.29 is 0 Å². The summed E-state index contributed by atoms with van der Waals surface area (Å²) in [5.74, 6) is 0.633. The average molecular weight is 201 g/mol.